The lowest BCUT2D eigenvalue weighted by Gasteiger charge is -2.35. The Bertz CT molecular complexity index is 2290. The van der Waals surface area contributed by atoms with Gasteiger partial charge in [0.1, 0.15) is 41.7 Å². The van der Waals surface area contributed by atoms with Gasteiger partial charge in [0.15, 0.2) is 0 Å². The molecule has 0 spiro atoms. The average Bonchev–Trinajstić information content (AvgIpc) is 3.80. The second-order valence-electron chi connectivity index (χ2n) is 15.1. The van der Waals surface area contributed by atoms with Gasteiger partial charge in [0, 0.05) is 59.3 Å². The summed E-state index contributed by atoms with van der Waals surface area (Å²) in [6.07, 6.45) is 8.48. The van der Waals surface area contributed by atoms with Crippen LogP contribution in [0.15, 0.2) is 59.7 Å². The Labute approximate surface area is 332 Å². The van der Waals surface area contributed by atoms with Crippen molar-refractivity contribution in [3.05, 3.63) is 76.3 Å². The second-order valence-corrected chi connectivity index (χ2v) is 15.1. The highest BCUT2D eigenvalue weighted by Gasteiger charge is 2.33. The molecule has 1 aliphatic carbocycles. The van der Waals surface area contributed by atoms with Crippen LogP contribution in [0.4, 0.5) is 20.6 Å². The van der Waals surface area contributed by atoms with Crippen LogP contribution in [0.3, 0.4) is 0 Å². The quantitative estimate of drug-likeness (QED) is 0.139. The number of aromatic nitrogens is 4. The number of amides is 1. The predicted molar refractivity (Wildman–Crippen MR) is 220 cm³/mol. The lowest BCUT2D eigenvalue weighted by atomic mass is 9.92. The van der Waals surface area contributed by atoms with Crippen LogP contribution in [0, 0.1) is 12.8 Å². The van der Waals surface area contributed by atoms with Crippen molar-refractivity contribution in [1.29, 1.82) is 0 Å². The Morgan fingerprint density at radius 1 is 1.04 bits per heavy atom. The number of hydrogen-bond donors (Lipinski definition) is 2. The van der Waals surface area contributed by atoms with E-state index >= 15 is 0 Å². The van der Waals surface area contributed by atoms with Crippen molar-refractivity contribution in [2.24, 2.45) is 5.92 Å². The molecule has 0 bridgehead atoms. The molecule has 8 rings (SSSR count). The van der Waals surface area contributed by atoms with E-state index in [-0.39, 0.29) is 18.2 Å². The normalized spacial score (nSPS) is 17.8. The van der Waals surface area contributed by atoms with Crippen molar-refractivity contribution in [3.63, 3.8) is 0 Å². The van der Waals surface area contributed by atoms with Crippen molar-refractivity contribution in [3.8, 4) is 39.8 Å². The molecule has 5 aromatic rings. The van der Waals surface area contributed by atoms with E-state index in [1.165, 1.54) is 13.5 Å². The van der Waals surface area contributed by atoms with Crippen LogP contribution < -0.4 is 30.0 Å². The summed E-state index contributed by atoms with van der Waals surface area (Å²) in [5.41, 5.74) is 6.64. The molecular formula is C43H52FN7O6. The maximum atomic E-state index is 12.9. The third kappa shape index (κ3) is 8.55. The number of anilines is 2. The number of likely N-dealkylation sites (tertiary alicyclic amines) is 1. The van der Waals surface area contributed by atoms with Crippen molar-refractivity contribution >= 4 is 28.4 Å². The van der Waals surface area contributed by atoms with Gasteiger partial charge in [0.25, 0.3) is 5.56 Å². The Kier molecular flexibility index (Phi) is 12.0. The number of carbonyl (C=O) groups is 1. The van der Waals surface area contributed by atoms with E-state index in [0.29, 0.717) is 40.2 Å². The fraction of sp³-hybridized carbons (Fsp3) is 0.442. The summed E-state index contributed by atoms with van der Waals surface area (Å²) in [5.74, 6) is 3.04. The molecule has 4 heterocycles. The lowest BCUT2D eigenvalue weighted by Crippen LogP contribution is -2.42. The number of carbonyl (C=O) groups excluding carboxylic acids is 1. The molecule has 1 saturated heterocycles. The van der Waals surface area contributed by atoms with Crippen LogP contribution in [0.5, 0.6) is 17.2 Å². The summed E-state index contributed by atoms with van der Waals surface area (Å²) >= 11 is 0. The Morgan fingerprint density at radius 2 is 1.84 bits per heavy atom. The molecule has 2 N–H and O–H groups in total. The summed E-state index contributed by atoms with van der Waals surface area (Å²) in [6.45, 7) is 6.43. The number of halogens is 1. The number of aromatic amines is 1. The molecule has 0 radical (unpaired) electrons. The van der Waals surface area contributed by atoms with Gasteiger partial charge in [-0.2, -0.15) is 5.10 Å². The molecule has 14 heteroatoms. The average molecular weight is 782 g/mol. The van der Waals surface area contributed by atoms with Gasteiger partial charge in [-0.1, -0.05) is 0 Å². The van der Waals surface area contributed by atoms with Gasteiger partial charge >= 0.3 is 6.09 Å². The minimum atomic E-state index is -0.568. The highest BCUT2D eigenvalue weighted by Crippen LogP contribution is 2.44. The van der Waals surface area contributed by atoms with Gasteiger partial charge in [-0.3, -0.25) is 14.4 Å². The summed E-state index contributed by atoms with van der Waals surface area (Å²) in [7, 11) is 6.74. The zero-order valence-corrected chi connectivity index (χ0v) is 33.6. The van der Waals surface area contributed by atoms with Gasteiger partial charge in [-0.15, -0.1) is 0 Å². The van der Waals surface area contributed by atoms with Crippen LogP contribution in [0.25, 0.3) is 33.4 Å². The smallest absolute Gasteiger partial charge is 0.414 e. The van der Waals surface area contributed by atoms with E-state index in [0.717, 1.165) is 90.3 Å². The molecule has 13 nitrogen and oxygen atoms in total. The number of nitrogens with one attached hydrogen (secondary N) is 2. The summed E-state index contributed by atoms with van der Waals surface area (Å²) in [6, 6.07) is 13.9. The summed E-state index contributed by atoms with van der Waals surface area (Å²) in [5, 5.41) is 8.48. The van der Waals surface area contributed by atoms with E-state index in [9.17, 15) is 14.0 Å². The van der Waals surface area contributed by atoms with E-state index < -0.39 is 12.8 Å². The van der Waals surface area contributed by atoms with E-state index in [4.69, 9.17) is 23.9 Å². The maximum absolute atomic E-state index is 12.9. The van der Waals surface area contributed by atoms with Gasteiger partial charge < -0.3 is 34.1 Å². The van der Waals surface area contributed by atoms with Crippen LogP contribution in [-0.2, 0) is 11.2 Å². The van der Waals surface area contributed by atoms with Crippen LogP contribution >= 0.6 is 0 Å². The molecule has 1 saturated carbocycles. The molecule has 2 aliphatic heterocycles. The zero-order valence-electron chi connectivity index (χ0n) is 33.6. The number of H-pyrrole nitrogens is 1. The minimum absolute atomic E-state index is 0.0198. The summed E-state index contributed by atoms with van der Waals surface area (Å²) < 4.78 is 36.5. The number of aryl methyl sites for hydroxylation is 1. The number of alkyl halides is 1. The second kappa shape index (κ2) is 17.2. The highest BCUT2D eigenvalue weighted by molar-refractivity contribution is 5.92. The molecular weight excluding hydrogens is 730 g/mol. The number of benzene rings is 3. The highest BCUT2D eigenvalue weighted by atomic mass is 19.1. The van der Waals surface area contributed by atoms with Crippen LogP contribution in [0.2, 0.25) is 0 Å². The standard InChI is InChI=1S/C23H28N4O3.C20H24FN3O3/c1-14-9-19-21(20(10-14)30-4)23(28)26-22(25-19)17-6-5-16(29-3)11-18(17)24-12-15-7-8-27(2)13-15;1-13-3-6-17-18(24(13)20(25)26-2)8-7-16(19(17)27-10-9-21)14-11-22-23(12-14)15-4-5-15/h5-6,9-11,15,24H,7-8,12-13H2,1-4H3,(H,25,26,28);7-8,11-13,15H,3-6,9-10H2,1-2H3/t;13-/m.0/s1. The molecule has 57 heavy (non-hydrogen) atoms. The molecule has 3 aliphatic rings. The predicted octanol–water partition coefficient (Wildman–Crippen LogP) is 7.42. The molecule has 2 fully saturated rings. The van der Waals surface area contributed by atoms with E-state index in [2.05, 4.69) is 27.3 Å². The first-order valence-corrected chi connectivity index (χ1v) is 19.6. The largest absolute Gasteiger partial charge is 0.497 e. The summed E-state index contributed by atoms with van der Waals surface area (Å²) in [4.78, 5) is 36.9. The zero-order chi connectivity index (χ0) is 40.2. The van der Waals surface area contributed by atoms with Crippen LogP contribution in [0.1, 0.15) is 49.8 Å². The van der Waals surface area contributed by atoms with Gasteiger partial charge in [0.2, 0.25) is 0 Å². The Morgan fingerprint density at radius 3 is 2.54 bits per heavy atom. The first kappa shape index (κ1) is 39.6. The Balaban J connectivity index is 0.000000175. The number of rotatable bonds is 11. The molecule has 2 aromatic heterocycles. The van der Waals surface area contributed by atoms with Crippen molar-refractivity contribution < 1.29 is 28.1 Å². The topological polar surface area (TPSA) is 136 Å². The molecule has 1 amide bonds. The number of ether oxygens (including phenoxy) is 4. The van der Waals surface area contributed by atoms with E-state index in [1.54, 1.807) is 19.1 Å². The van der Waals surface area contributed by atoms with E-state index in [1.807, 2.05) is 73.4 Å². The van der Waals surface area contributed by atoms with Crippen LogP contribution in [-0.4, -0.2) is 98.1 Å². The van der Waals surface area contributed by atoms with Gasteiger partial charge in [-0.05, 0) is 107 Å². The number of methoxy groups -OCH3 is 3. The van der Waals surface area contributed by atoms with Crippen molar-refractivity contribution in [2.75, 3.05) is 71.5 Å². The molecule has 3 aromatic carbocycles. The molecule has 302 valence electrons. The third-order valence-electron chi connectivity index (χ3n) is 11.0. The minimum Gasteiger partial charge on any atom is -0.497 e. The first-order valence-electron chi connectivity index (χ1n) is 19.6. The fourth-order valence-corrected chi connectivity index (χ4v) is 7.84. The fourth-order valence-electron chi connectivity index (χ4n) is 7.84. The monoisotopic (exact) mass is 781 g/mol. The number of nitrogens with zero attached hydrogens (tertiary/aromatic N) is 5. The van der Waals surface area contributed by atoms with Gasteiger partial charge in [0.05, 0.1) is 44.8 Å². The van der Waals surface area contributed by atoms with Crippen molar-refractivity contribution in [2.45, 2.75) is 58.0 Å². The first-order chi connectivity index (χ1) is 27.6. The number of fused-ring (bicyclic) bond motifs is 2. The third-order valence-corrected chi connectivity index (χ3v) is 11.0. The SMILES string of the molecule is COC(=O)N1c2ccc(-c3cnn(C4CC4)c3)c(OCCF)c2CC[C@@H]1C.COc1ccc(-c2nc3cc(C)cc(OC)c3c(=O)[nH]2)c(NCC2CCN(C)C2)c1. The van der Waals surface area contributed by atoms with Gasteiger partial charge in [-0.25, -0.2) is 14.2 Å². The number of hydrogen-bond acceptors (Lipinski definition) is 10. The Hall–Kier alpha value is -5.63. The maximum Gasteiger partial charge on any atom is 0.414 e. The lowest BCUT2D eigenvalue weighted by molar-refractivity contribution is 0.175. The molecule has 1 unspecified atom stereocenters. The van der Waals surface area contributed by atoms with Crippen molar-refractivity contribution in [1.82, 2.24) is 24.6 Å². The molecule has 2 atom stereocenters.